The summed E-state index contributed by atoms with van der Waals surface area (Å²) in [4.78, 5) is 15.4. The lowest BCUT2D eigenvalue weighted by Gasteiger charge is -2.14. The molecule has 0 aliphatic carbocycles. The molecule has 1 atom stereocenters. The van der Waals surface area contributed by atoms with Gasteiger partial charge in [0.25, 0.3) is 0 Å². The second-order valence-electron chi connectivity index (χ2n) is 4.07. The Bertz CT molecular complexity index is 334. The van der Waals surface area contributed by atoms with Crippen LogP contribution in [0.1, 0.15) is 19.2 Å². The summed E-state index contributed by atoms with van der Waals surface area (Å²) in [6.45, 7) is 6.02. The number of imidazole rings is 1. The van der Waals surface area contributed by atoms with Gasteiger partial charge in [-0.15, -0.1) is 0 Å². The van der Waals surface area contributed by atoms with Crippen molar-refractivity contribution >= 4 is 5.91 Å². The van der Waals surface area contributed by atoms with Crippen molar-refractivity contribution in [2.75, 3.05) is 13.1 Å². The van der Waals surface area contributed by atoms with Crippen LogP contribution in [0.3, 0.4) is 0 Å². The molecule has 1 rings (SSSR count). The SMILES string of the molecule is Cc1nccn1CC(C)CNC(=O)CCN. The molecule has 0 saturated carbocycles. The monoisotopic (exact) mass is 224 g/mol. The van der Waals surface area contributed by atoms with Gasteiger partial charge in [0.2, 0.25) is 5.91 Å². The van der Waals surface area contributed by atoms with Crippen LogP contribution in [0.25, 0.3) is 0 Å². The van der Waals surface area contributed by atoms with E-state index in [0.717, 1.165) is 12.4 Å². The third-order valence-corrected chi connectivity index (χ3v) is 2.45. The number of hydrogen-bond donors (Lipinski definition) is 2. The highest BCUT2D eigenvalue weighted by atomic mass is 16.1. The van der Waals surface area contributed by atoms with E-state index in [4.69, 9.17) is 5.73 Å². The second-order valence-corrected chi connectivity index (χ2v) is 4.07. The Morgan fingerprint density at radius 2 is 2.44 bits per heavy atom. The van der Waals surface area contributed by atoms with E-state index in [-0.39, 0.29) is 5.91 Å². The van der Waals surface area contributed by atoms with Crippen LogP contribution in [0.4, 0.5) is 0 Å². The first-order valence-electron chi connectivity index (χ1n) is 5.58. The summed E-state index contributed by atoms with van der Waals surface area (Å²) in [5, 5.41) is 2.86. The Kier molecular flexibility index (Phi) is 4.98. The molecule has 1 aromatic heterocycles. The molecule has 0 fully saturated rings. The lowest BCUT2D eigenvalue weighted by molar-refractivity contribution is -0.121. The number of nitrogens with one attached hydrogen (secondary N) is 1. The van der Waals surface area contributed by atoms with Crippen molar-refractivity contribution in [3.63, 3.8) is 0 Å². The van der Waals surface area contributed by atoms with Crippen LogP contribution in [0.15, 0.2) is 12.4 Å². The van der Waals surface area contributed by atoms with Gasteiger partial charge < -0.3 is 15.6 Å². The number of nitrogens with zero attached hydrogens (tertiary/aromatic N) is 2. The predicted molar refractivity (Wildman–Crippen MR) is 62.8 cm³/mol. The topological polar surface area (TPSA) is 72.9 Å². The molecule has 90 valence electrons. The number of aryl methyl sites for hydroxylation is 1. The molecule has 1 amide bonds. The third-order valence-electron chi connectivity index (χ3n) is 2.45. The first-order chi connectivity index (χ1) is 7.63. The zero-order chi connectivity index (χ0) is 12.0. The fourth-order valence-corrected chi connectivity index (χ4v) is 1.50. The molecule has 1 heterocycles. The van der Waals surface area contributed by atoms with Crippen molar-refractivity contribution in [2.45, 2.75) is 26.8 Å². The van der Waals surface area contributed by atoms with Gasteiger partial charge in [0.1, 0.15) is 5.82 Å². The molecule has 0 aromatic carbocycles. The minimum absolute atomic E-state index is 0.0247. The van der Waals surface area contributed by atoms with Gasteiger partial charge in [-0.05, 0) is 12.8 Å². The Hall–Kier alpha value is -1.36. The van der Waals surface area contributed by atoms with Crippen molar-refractivity contribution in [1.29, 1.82) is 0 Å². The summed E-state index contributed by atoms with van der Waals surface area (Å²) in [7, 11) is 0. The predicted octanol–water partition coefficient (Wildman–Crippen LogP) is 0.293. The van der Waals surface area contributed by atoms with Crippen molar-refractivity contribution in [2.24, 2.45) is 11.7 Å². The van der Waals surface area contributed by atoms with Crippen molar-refractivity contribution in [3.8, 4) is 0 Å². The minimum Gasteiger partial charge on any atom is -0.356 e. The van der Waals surface area contributed by atoms with Crippen molar-refractivity contribution in [3.05, 3.63) is 18.2 Å². The van der Waals surface area contributed by atoms with Gasteiger partial charge >= 0.3 is 0 Å². The number of nitrogens with two attached hydrogens (primary N) is 1. The molecule has 0 bridgehead atoms. The van der Waals surface area contributed by atoms with Crippen molar-refractivity contribution < 1.29 is 4.79 Å². The van der Waals surface area contributed by atoms with Gasteiger partial charge in [0.05, 0.1) is 0 Å². The zero-order valence-corrected chi connectivity index (χ0v) is 9.94. The lowest BCUT2D eigenvalue weighted by Crippen LogP contribution is -2.31. The fraction of sp³-hybridized carbons (Fsp3) is 0.636. The van der Waals surface area contributed by atoms with E-state index in [1.165, 1.54) is 0 Å². The minimum atomic E-state index is 0.0247. The quantitative estimate of drug-likeness (QED) is 0.729. The molecule has 1 aromatic rings. The number of rotatable bonds is 6. The molecule has 3 N–H and O–H groups in total. The van der Waals surface area contributed by atoms with Gasteiger partial charge in [0.15, 0.2) is 0 Å². The van der Waals surface area contributed by atoms with Crippen LogP contribution in [-0.4, -0.2) is 28.5 Å². The molecule has 0 saturated heterocycles. The van der Waals surface area contributed by atoms with Crippen LogP contribution >= 0.6 is 0 Å². The zero-order valence-electron chi connectivity index (χ0n) is 9.94. The van der Waals surface area contributed by atoms with Gasteiger partial charge in [-0.25, -0.2) is 4.98 Å². The first-order valence-corrected chi connectivity index (χ1v) is 5.58. The Morgan fingerprint density at radius 1 is 1.69 bits per heavy atom. The molecule has 0 aliphatic rings. The average Bonchev–Trinajstić information content (AvgIpc) is 2.62. The maximum atomic E-state index is 11.2. The van der Waals surface area contributed by atoms with E-state index in [2.05, 4.69) is 21.8 Å². The maximum absolute atomic E-state index is 11.2. The van der Waals surface area contributed by atoms with E-state index < -0.39 is 0 Å². The largest absolute Gasteiger partial charge is 0.356 e. The summed E-state index contributed by atoms with van der Waals surface area (Å²) in [5.74, 6) is 1.41. The summed E-state index contributed by atoms with van der Waals surface area (Å²) in [6.07, 6.45) is 4.14. The standard InChI is InChI=1S/C11H20N4O/c1-9(7-14-11(16)3-4-12)8-15-6-5-13-10(15)2/h5-6,9H,3-4,7-8,12H2,1-2H3,(H,14,16). The number of hydrogen-bond acceptors (Lipinski definition) is 3. The Morgan fingerprint density at radius 3 is 3.00 bits per heavy atom. The first kappa shape index (κ1) is 12.7. The number of carbonyl (C=O) groups is 1. The average molecular weight is 224 g/mol. The highest BCUT2D eigenvalue weighted by Crippen LogP contribution is 2.02. The number of amides is 1. The van der Waals surface area contributed by atoms with Crippen LogP contribution in [0, 0.1) is 12.8 Å². The maximum Gasteiger partial charge on any atom is 0.221 e. The van der Waals surface area contributed by atoms with Crippen molar-refractivity contribution in [1.82, 2.24) is 14.9 Å². The molecule has 0 spiro atoms. The molecule has 5 nitrogen and oxygen atoms in total. The van der Waals surface area contributed by atoms with E-state index in [0.29, 0.717) is 25.4 Å². The van der Waals surface area contributed by atoms with Gasteiger partial charge in [-0.1, -0.05) is 6.92 Å². The van der Waals surface area contributed by atoms with Gasteiger partial charge in [-0.3, -0.25) is 4.79 Å². The van der Waals surface area contributed by atoms with Gasteiger partial charge in [-0.2, -0.15) is 0 Å². The van der Waals surface area contributed by atoms with Crippen LogP contribution in [0.2, 0.25) is 0 Å². The normalized spacial score (nSPS) is 12.4. The molecular formula is C11H20N4O. The summed E-state index contributed by atoms with van der Waals surface area (Å²) in [5.41, 5.74) is 5.29. The molecule has 5 heteroatoms. The summed E-state index contributed by atoms with van der Waals surface area (Å²) < 4.78 is 2.08. The Labute approximate surface area is 96.0 Å². The number of carbonyl (C=O) groups excluding carboxylic acids is 1. The van der Waals surface area contributed by atoms with E-state index in [1.54, 1.807) is 6.20 Å². The summed E-state index contributed by atoms with van der Waals surface area (Å²) in [6, 6.07) is 0. The molecule has 1 unspecified atom stereocenters. The highest BCUT2D eigenvalue weighted by molar-refractivity contribution is 5.75. The molecular weight excluding hydrogens is 204 g/mol. The van der Waals surface area contributed by atoms with E-state index >= 15 is 0 Å². The third kappa shape index (κ3) is 4.02. The van der Waals surface area contributed by atoms with Gasteiger partial charge in [0, 0.05) is 38.4 Å². The second kappa shape index (κ2) is 6.27. The highest BCUT2D eigenvalue weighted by Gasteiger charge is 2.06. The van der Waals surface area contributed by atoms with Crippen LogP contribution in [0.5, 0.6) is 0 Å². The molecule has 0 aliphatic heterocycles. The smallest absolute Gasteiger partial charge is 0.221 e. The van der Waals surface area contributed by atoms with Crippen LogP contribution < -0.4 is 11.1 Å². The van der Waals surface area contributed by atoms with E-state index in [9.17, 15) is 4.79 Å². The van der Waals surface area contributed by atoms with E-state index in [1.807, 2.05) is 13.1 Å². The lowest BCUT2D eigenvalue weighted by atomic mass is 10.2. The molecule has 16 heavy (non-hydrogen) atoms. The van der Waals surface area contributed by atoms with Crippen LogP contribution in [-0.2, 0) is 11.3 Å². The Balaban J connectivity index is 2.28. The molecule has 0 radical (unpaired) electrons. The fourth-order valence-electron chi connectivity index (χ4n) is 1.50. The number of aromatic nitrogens is 2. The summed E-state index contributed by atoms with van der Waals surface area (Å²) >= 11 is 0.